The SMILES string of the molecule is CCOC(=O)c1ccc(NC(=O)[C@H](CC)Oc2ccccc2OC)c(C)c1. The predicted molar refractivity (Wildman–Crippen MR) is 103 cm³/mol. The molecule has 0 aliphatic carbocycles. The first kappa shape index (κ1) is 20.3. The zero-order valence-corrected chi connectivity index (χ0v) is 16.1. The zero-order valence-electron chi connectivity index (χ0n) is 16.1. The lowest BCUT2D eigenvalue weighted by Gasteiger charge is -2.19. The maximum absolute atomic E-state index is 12.7. The van der Waals surface area contributed by atoms with Crippen LogP contribution in [0.1, 0.15) is 36.2 Å². The maximum atomic E-state index is 12.7. The van der Waals surface area contributed by atoms with Gasteiger partial charge in [-0.15, -0.1) is 0 Å². The summed E-state index contributed by atoms with van der Waals surface area (Å²) in [5, 5.41) is 2.86. The van der Waals surface area contributed by atoms with Crippen molar-refractivity contribution in [1.82, 2.24) is 0 Å². The Hall–Kier alpha value is -3.02. The molecule has 0 bridgehead atoms. The highest BCUT2D eigenvalue weighted by molar-refractivity contribution is 5.96. The summed E-state index contributed by atoms with van der Waals surface area (Å²) >= 11 is 0. The molecule has 0 unspecified atom stereocenters. The average Bonchev–Trinajstić information content (AvgIpc) is 2.67. The quantitative estimate of drug-likeness (QED) is 0.711. The van der Waals surface area contributed by atoms with E-state index in [1.54, 1.807) is 44.4 Å². The largest absolute Gasteiger partial charge is 0.493 e. The second kappa shape index (κ2) is 9.62. The van der Waals surface area contributed by atoms with Crippen LogP contribution < -0.4 is 14.8 Å². The van der Waals surface area contributed by atoms with E-state index in [0.717, 1.165) is 5.56 Å². The van der Waals surface area contributed by atoms with E-state index >= 15 is 0 Å². The van der Waals surface area contributed by atoms with Gasteiger partial charge in [0.05, 0.1) is 19.3 Å². The van der Waals surface area contributed by atoms with Gasteiger partial charge in [0, 0.05) is 5.69 Å². The monoisotopic (exact) mass is 371 g/mol. The number of esters is 1. The number of aryl methyl sites for hydroxylation is 1. The van der Waals surface area contributed by atoms with Crippen LogP contribution in [0.25, 0.3) is 0 Å². The summed E-state index contributed by atoms with van der Waals surface area (Å²) in [6.07, 6.45) is -0.186. The molecule has 6 nitrogen and oxygen atoms in total. The summed E-state index contributed by atoms with van der Waals surface area (Å²) in [5.41, 5.74) is 1.83. The van der Waals surface area contributed by atoms with Crippen molar-refractivity contribution in [3.63, 3.8) is 0 Å². The first-order valence-electron chi connectivity index (χ1n) is 8.88. The number of ether oxygens (including phenoxy) is 3. The molecule has 0 aromatic heterocycles. The average molecular weight is 371 g/mol. The molecule has 1 amide bonds. The molecule has 2 rings (SSSR count). The van der Waals surface area contributed by atoms with Crippen LogP contribution in [0.3, 0.4) is 0 Å². The van der Waals surface area contributed by atoms with Crippen LogP contribution in [0.15, 0.2) is 42.5 Å². The van der Waals surface area contributed by atoms with Gasteiger partial charge >= 0.3 is 5.97 Å². The van der Waals surface area contributed by atoms with E-state index in [-0.39, 0.29) is 11.9 Å². The first-order valence-corrected chi connectivity index (χ1v) is 8.88. The smallest absolute Gasteiger partial charge is 0.338 e. The van der Waals surface area contributed by atoms with Crippen LogP contribution in [-0.2, 0) is 9.53 Å². The van der Waals surface area contributed by atoms with Gasteiger partial charge in [0.15, 0.2) is 17.6 Å². The molecule has 0 spiro atoms. The van der Waals surface area contributed by atoms with E-state index in [1.165, 1.54) is 0 Å². The van der Waals surface area contributed by atoms with Gasteiger partial charge in [-0.25, -0.2) is 4.79 Å². The molecule has 0 saturated carbocycles. The normalized spacial score (nSPS) is 11.4. The molecule has 27 heavy (non-hydrogen) atoms. The highest BCUT2D eigenvalue weighted by Crippen LogP contribution is 2.28. The Morgan fingerprint density at radius 1 is 1.07 bits per heavy atom. The number of hydrogen-bond donors (Lipinski definition) is 1. The molecule has 0 saturated heterocycles. The first-order chi connectivity index (χ1) is 13.0. The number of benzene rings is 2. The lowest BCUT2D eigenvalue weighted by atomic mass is 10.1. The van der Waals surface area contributed by atoms with Crippen molar-refractivity contribution in [3.8, 4) is 11.5 Å². The standard InChI is InChI=1S/C21H25NO5/c1-5-17(27-19-10-8-7-9-18(19)25-4)20(23)22-16-12-11-15(13-14(16)3)21(24)26-6-2/h7-13,17H,5-6H2,1-4H3,(H,22,23)/t17-/m0/s1. The minimum Gasteiger partial charge on any atom is -0.493 e. The molecule has 2 aromatic carbocycles. The molecule has 1 N–H and O–H groups in total. The third kappa shape index (κ3) is 5.23. The zero-order chi connectivity index (χ0) is 19.8. The van der Waals surface area contributed by atoms with E-state index < -0.39 is 6.10 Å². The fourth-order valence-electron chi connectivity index (χ4n) is 2.55. The van der Waals surface area contributed by atoms with Crippen LogP contribution in [0.2, 0.25) is 0 Å². The number of methoxy groups -OCH3 is 1. The molecule has 0 fully saturated rings. The molecule has 144 valence electrons. The highest BCUT2D eigenvalue weighted by Gasteiger charge is 2.21. The van der Waals surface area contributed by atoms with Gasteiger partial charge in [-0.05, 0) is 56.2 Å². The molecule has 1 atom stereocenters. The maximum Gasteiger partial charge on any atom is 0.338 e. The van der Waals surface area contributed by atoms with Gasteiger partial charge in [-0.3, -0.25) is 4.79 Å². The molecular formula is C21H25NO5. The van der Waals surface area contributed by atoms with Crippen molar-refractivity contribution in [2.75, 3.05) is 19.0 Å². The van der Waals surface area contributed by atoms with Crippen LogP contribution in [0.5, 0.6) is 11.5 Å². The summed E-state index contributed by atoms with van der Waals surface area (Å²) in [4.78, 5) is 24.5. The summed E-state index contributed by atoms with van der Waals surface area (Å²) in [6, 6.07) is 12.2. The Bertz CT molecular complexity index is 803. The molecule has 6 heteroatoms. The number of carbonyl (C=O) groups excluding carboxylic acids is 2. The molecule has 0 radical (unpaired) electrons. The van der Waals surface area contributed by atoms with Crippen molar-refractivity contribution < 1.29 is 23.8 Å². The second-order valence-electron chi connectivity index (χ2n) is 5.91. The third-order valence-corrected chi connectivity index (χ3v) is 4.00. The molecule has 0 aliphatic heterocycles. The van der Waals surface area contributed by atoms with Crippen molar-refractivity contribution in [3.05, 3.63) is 53.6 Å². The molecule has 2 aromatic rings. The molecule has 0 aliphatic rings. The van der Waals surface area contributed by atoms with Gasteiger partial charge in [-0.1, -0.05) is 19.1 Å². The van der Waals surface area contributed by atoms with Crippen molar-refractivity contribution >= 4 is 17.6 Å². The van der Waals surface area contributed by atoms with Gasteiger partial charge in [-0.2, -0.15) is 0 Å². The molecule has 0 heterocycles. The van der Waals surface area contributed by atoms with E-state index in [2.05, 4.69) is 5.32 Å². The van der Waals surface area contributed by atoms with Crippen LogP contribution >= 0.6 is 0 Å². The molecular weight excluding hydrogens is 346 g/mol. The van der Waals surface area contributed by atoms with Gasteiger partial charge < -0.3 is 19.5 Å². The Kier molecular flexibility index (Phi) is 7.23. The lowest BCUT2D eigenvalue weighted by molar-refractivity contribution is -0.122. The highest BCUT2D eigenvalue weighted by atomic mass is 16.5. The number of rotatable bonds is 8. The fourth-order valence-corrected chi connectivity index (χ4v) is 2.55. The van der Waals surface area contributed by atoms with E-state index in [0.29, 0.717) is 35.8 Å². The van der Waals surface area contributed by atoms with E-state index in [4.69, 9.17) is 14.2 Å². The van der Waals surface area contributed by atoms with E-state index in [9.17, 15) is 9.59 Å². The minimum atomic E-state index is -0.676. The Balaban J connectivity index is 2.11. The van der Waals surface area contributed by atoms with Crippen LogP contribution in [-0.4, -0.2) is 31.7 Å². The Morgan fingerprint density at radius 3 is 2.37 bits per heavy atom. The summed E-state index contributed by atoms with van der Waals surface area (Å²) in [6.45, 7) is 5.76. The third-order valence-electron chi connectivity index (χ3n) is 4.00. The number of amides is 1. The topological polar surface area (TPSA) is 73.9 Å². The van der Waals surface area contributed by atoms with Gasteiger partial charge in [0.1, 0.15) is 0 Å². The number of para-hydroxylation sites is 2. The Labute approximate surface area is 159 Å². The summed E-state index contributed by atoms with van der Waals surface area (Å²) < 4.78 is 16.1. The predicted octanol–water partition coefficient (Wildman–Crippen LogP) is 3.98. The van der Waals surface area contributed by atoms with Crippen molar-refractivity contribution in [2.24, 2.45) is 0 Å². The van der Waals surface area contributed by atoms with E-state index in [1.807, 2.05) is 26.0 Å². The van der Waals surface area contributed by atoms with Crippen molar-refractivity contribution in [2.45, 2.75) is 33.3 Å². The number of anilines is 1. The second-order valence-corrected chi connectivity index (χ2v) is 5.91. The number of hydrogen-bond acceptors (Lipinski definition) is 5. The number of nitrogens with one attached hydrogen (secondary N) is 1. The Morgan fingerprint density at radius 2 is 1.78 bits per heavy atom. The summed E-state index contributed by atoms with van der Waals surface area (Å²) in [5.74, 6) is 0.426. The van der Waals surface area contributed by atoms with Crippen molar-refractivity contribution in [1.29, 1.82) is 0 Å². The minimum absolute atomic E-state index is 0.268. The lowest BCUT2D eigenvalue weighted by Crippen LogP contribution is -2.32. The van der Waals surface area contributed by atoms with Crippen LogP contribution in [0.4, 0.5) is 5.69 Å². The summed E-state index contributed by atoms with van der Waals surface area (Å²) in [7, 11) is 1.55. The van der Waals surface area contributed by atoms with Gasteiger partial charge in [0.25, 0.3) is 5.91 Å². The number of carbonyl (C=O) groups is 2. The van der Waals surface area contributed by atoms with Crippen LogP contribution in [0, 0.1) is 6.92 Å². The fraction of sp³-hybridized carbons (Fsp3) is 0.333. The van der Waals surface area contributed by atoms with Gasteiger partial charge in [0.2, 0.25) is 0 Å².